The number of nitrogen functional groups attached to an aromatic ring is 1. The van der Waals surface area contributed by atoms with Gasteiger partial charge in [-0.15, -0.1) is 0 Å². The number of hydrogen-bond acceptors (Lipinski definition) is 6. The van der Waals surface area contributed by atoms with Crippen LogP contribution >= 0.6 is 0 Å². The molecule has 106 valence electrons. The van der Waals surface area contributed by atoms with E-state index >= 15 is 0 Å². The van der Waals surface area contributed by atoms with Crippen LogP contribution in [0, 0.1) is 5.41 Å². The molecule has 0 aliphatic rings. The van der Waals surface area contributed by atoms with E-state index in [2.05, 4.69) is 25.3 Å². The second-order valence-corrected chi connectivity index (χ2v) is 4.44. The number of fused-ring (bicyclic) bond motifs is 1. The van der Waals surface area contributed by atoms with E-state index in [-0.39, 0.29) is 5.84 Å². The van der Waals surface area contributed by atoms with Gasteiger partial charge >= 0.3 is 0 Å². The monoisotopic (exact) mass is 282 g/mol. The SMILES string of the molecule is N=C(N)c1ccnc2ncn(CNCc3cnccn3)c12. The van der Waals surface area contributed by atoms with Crippen LogP contribution < -0.4 is 11.1 Å². The molecule has 0 atom stereocenters. The maximum atomic E-state index is 7.63. The molecule has 4 N–H and O–H groups in total. The smallest absolute Gasteiger partial charge is 0.178 e. The third kappa shape index (κ3) is 2.70. The summed E-state index contributed by atoms with van der Waals surface area (Å²) in [6.45, 7) is 1.10. The molecule has 3 heterocycles. The Hall–Kier alpha value is -2.87. The average Bonchev–Trinajstić information content (AvgIpc) is 2.91. The van der Waals surface area contributed by atoms with E-state index in [0.717, 1.165) is 11.2 Å². The van der Waals surface area contributed by atoms with Crippen molar-refractivity contribution in [3.8, 4) is 0 Å². The number of nitrogens with zero attached hydrogens (tertiary/aromatic N) is 5. The zero-order valence-corrected chi connectivity index (χ0v) is 11.2. The summed E-state index contributed by atoms with van der Waals surface area (Å²) in [6.07, 6.45) is 8.28. The summed E-state index contributed by atoms with van der Waals surface area (Å²) < 4.78 is 1.87. The first-order valence-electron chi connectivity index (χ1n) is 6.35. The Kier molecular flexibility index (Phi) is 3.52. The maximum Gasteiger partial charge on any atom is 0.178 e. The lowest BCUT2D eigenvalue weighted by Gasteiger charge is -2.08. The van der Waals surface area contributed by atoms with Crippen LogP contribution in [-0.4, -0.2) is 30.3 Å². The normalized spacial score (nSPS) is 10.9. The summed E-state index contributed by atoms with van der Waals surface area (Å²) in [4.78, 5) is 16.6. The summed E-state index contributed by atoms with van der Waals surface area (Å²) in [7, 11) is 0. The highest BCUT2D eigenvalue weighted by Gasteiger charge is 2.10. The first kappa shape index (κ1) is 13.1. The molecule has 0 bridgehead atoms. The van der Waals surface area contributed by atoms with Gasteiger partial charge in [-0.05, 0) is 6.07 Å². The minimum atomic E-state index is -0.00178. The van der Waals surface area contributed by atoms with Crippen molar-refractivity contribution in [2.45, 2.75) is 13.2 Å². The van der Waals surface area contributed by atoms with Gasteiger partial charge in [-0.3, -0.25) is 20.7 Å². The molecule has 3 aromatic rings. The van der Waals surface area contributed by atoms with Gasteiger partial charge in [0.2, 0.25) is 0 Å². The molecule has 0 saturated heterocycles. The predicted molar refractivity (Wildman–Crippen MR) is 77.4 cm³/mol. The van der Waals surface area contributed by atoms with E-state index in [1.807, 2.05) is 4.57 Å². The number of pyridine rings is 1. The molecule has 0 aliphatic carbocycles. The topological polar surface area (TPSA) is 118 Å². The average molecular weight is 282 g/mol. The molecule has 21 heavy (non-hydrogen) atoms. The van der Waals surface area contributed by atoms with Gasteiger partial charge in [0.1, 0.15) is 5.84 Å². The van der Waals surface area contributed by atoms with Gasteiger partial charge < -0.3 is 10.3 Å². The van der Waals surface area contributed by atoms with Gasteiger partial charge in [0.25, 0.3) is 0 Å². The summed E-state index contributed by atoms with van der Waals surface area (Å²) in [5.41, 5.74) is 8.40. The molecule has 0 radical (unpaired) electrons. The number of imidazole rings is 1. The zero-order valence-electron chi connectivity index (χ0n) is 11.2. The molecule has 0 aliphatic heterocycles. The predicted octanol–water partition coefficient (Wildman–Crippen LogP) is 0.253. The van der Waals surface area contributed by atoms with Crippen molar-refractivity contribution in [3.63, 3.8) is 0 Å². The third-order valence-corrected chi connectivity index (χ3v) is 3.01. The highest BCUT2D eigenvalue weighted by Crippen LogP contribution is 2.14. The second kappa shape index (κ2) is 5.63. The van der Waals surface area contributed by atoms with Crippen LogP contribution in [0.5, 0.6) is 0 Å². The molecule has 0 aromatic carbocycles. The van der Waals surface area contributed by atoms with Crippen LogP contribution in [0.1, 0.15) is 11.3 Å². The zero-order chi connectivity index (χ0) is 14.7. The van der Waals surface area contributed by atoms with E-state index in [1.54, 1.807) is 37.2 Å². The van der Waals surface area contributed by atoms with Crippen molar-refractivity contribution >= 4 is 17.0 Å². The second-order valence-electron chi connectivity index (χ2n) is 4.44. The first-order valence-corrected chi connectivity index (χ1v) is 6.35. The lowest BCUT2D eigenvalue weighted by Crippen LogP contribution is -2.20. The lowest BCUT2D eigenvalue weighted by molar-refractivity contribution is 0.561. The number of hydrogen-bond donors (Lipinski definition) is 3. The minimum absolute atomic E-state index is 0.00178. The van der Waals surface area contributed by atoms with Crippen LogP contribution in [0.2, 0.25) is 0 Å². The van der Waals surface area contributed by atoms with E-state index in [1.165, 1.54) is 0 Å². The fraction of sp³-hybridized carbons (Fsp3) is 0.154. The van der Waals surface area contributed by atoms with E-state index < -0.39 is 0 Å². The molecule has 8 heteroatoms. The molecule has 8 nitrogen and oxygen atoms in total. The van der Waals surface area contributed by atoms with Crippen LogP contribution in [0.4, 0.5) is 0 Å². The van der Waals surface area contributed by atoms with Crippen molar-refractivity contribution < 1.29 is 0 Å². The van der Waals surface area contributed by atoms with Gasteiger partial charge in [0, 0.05) is 36.9 Å². The molecule has 0 amide bonds. The summed E-state index contributed by atoms with van der Waals surface area (Å²) >= 11 is 0. The first-order chi connectivity index (χ1) is 10.3. The van der Waals surface area contributed by atoms with Gasteiger partial charge in [-0.2, -0.15) is 0 Å². The van der Waals surface area contributed by atoms with E-state index in [9.17, 15) is 0 Å². The van der Waals surface area contributed by atoms with Crippen LogP contribution in [-0.2, 0) is 13.2 Å². The molecular weight excluding hydrogens is 268 g/mol. The molecular formula is C13H14N8. The number of nitrogens with two attached hydrogens (primary N) is 1. The standard InChI is InChI=1S/C13H14N8/c14-12(15)10-1-2-19-13-11(10)21(8-20-13)7-17-6-9-5-16-3-4-18-9/h1-5,8,17H,6-7H2,(H3,14,15). The Morgan fingerprint density at radius 2 is 2.14 bits per heavy atom. The highest BCUT2D eigenvalue weighted by molar-refractivity contribution is 6.04. The molecule has 3 rings (SSSR count). The van der Waals surface area contributed by atoms with Crippen molar-refractivity contribution in [2.24, 2.45) is 5.73 Å². The molecule has 0 fully saturated rings. The van der Waals surface area contributed by atoms with Gasteiger partial charge in [0.15, 0.2) is 5.65 Å². The summed E-state index contributed by atoms with van der Waals surface area (Å²) in [6, 6.07) is 1.71. The fourth-order valence-corrected chi connectivity index (χ4v) is 2.07. The van der Waals surface area contributed by atoms with Crippen LogP contribution in [0.15, 0.2) is 37.2 Å². The molecule has 3 aromatic heterocycles. The number of aromatic nitrogens is 5. The van der Waals surface area contributed by atoms with Crippen LogP contribution in [0.25, 0.3) is 11.2 Å². The van der Waals surface area contributed by atoms with E-state index in [4.69, 9.17) is 11.1 Å². The Bertz CT molecular complexity index is 764. The lowest BCUT2D eigenvalue weighted by atomic mass is 10.2. The van der Waals surface area contributed by atoms with Crippen molar-refractivity contribution in [2.75, 3.05) is 0 Å². The minimum Gasteiger partial charge on any atom is -0.384 e. The van der Waals surface area contributed by atoms with Gasteiger partial charge in [-0.1, -0.05) is 0 Å². The quantitative estimate of drug-likeness (QED) is 0.456. The van der Waals surface area contributed by atoms with Crippen molar-refractivity contribution in [3.05, 3.63) is 48.4 Å². The molecule has 0 unspecified atom stereocenters. The Labute approximate surface area is 120 Å². The maximum absolute atomic E-state index is 7.63. The van der Waals surface area contributed by atoms with Crippen molar-refractivity contribution in [1.82, 2.24) is 29.8 Å². The van der Waals surface area contributed by atoms with Gasteiger partial charge in [-0.25, -0.2) is 9.97 Å². The number of rotatable bonds is 5. The molecule has 0 spiro atoms. The van der Waals surface area contributed by atoms with Gasteiger partial charge in [0.05, 0.1) is 24.2 Å². The fourth-order valence-electron chi connectivity index (χ4n) is 2.07. The molecule has 0 saturated carbocycles. The van der Waals surface area contributed by atoms with E-state index in [0.29, 0.717) is 24.4 Å². The Morgan fingerprint density at radius 3 is 2.90 bits per heavy atom. The third-order valence-electron chi connectivity index (χ3n) is 3.01. The van der Waals surface area contributed by atoms with Crippen LogP contribution in [0.3, 0.4) is 0 Å². The van der Waals surface area contributed by atoms with Crippen molar-refractivity contribution in [1.29, 1.82) is 5.41 Å². The number of amidine groups is 1. The Morgan fingerprint density at radius 1 is 1.24 bits per heavy atom. The largest absolute Gasteiger partial charge is 0.384 e. The summed E-state index contributed by atoms with van der Waals surface area (Å²) in [5, 5.41) is 10.9. The highest BCUT2D eigenvalue weighted by atomic mass is 15.2. The number of nitrogens with one attached hydrogen (secondary N) is 2. The Balaban J connectivity index is 1.80. The summed E-state index contributed by atoms with van der Waals surface area (Å²) in [5.74, 6) is -0.00178.